The van der Waals surface area contributed by atoms with Crippen molar-refractivity contribution in [2.75, 3.05) is 6.54 Å². The van der Waals surface area contributed by atoms with Crippen molar-refractivity contribution in [1.82, 2.24) is 24.8 Å². The number of carbonyl (C=O) groups is 4. The molecule has 55 heavy (non-hydrogen) atoms. The molecule has 1 aromatic heterocycles. The number of rotatable bonds is 5. The molecule has 1 unspecified atom stereocenters. The van der Waals surface area contributed by atoms with Gasteiger partial charge in [-0.1, -0.05) is 31.9 Å². The Bertz CT molecular complexity index is 2140. The Labute approximate surface area is 318 Å². The number of amides is 4. The van der Waals surface area contributed by atoms with Gasteiger partial charge in [-0.2, -0.15) is 0 Å². The lowest BCUT2D eigenvalue weighted by Crippen LogP contribution is -2.60. The Morgan fingerprint density at radius 2 is 1.82 bits per heavy atom. The number of sulfonamides is 1. The van der Waals surface area contributed by atoms with E-state index in [9.17, 15) is 41.5 Å². The van der Waals surface area contributed by atoms with E-state index in [-0.39, 0.29) is 37.4 Å². The number of hydrogen-bond acceptors (Lipinski definition) is 8. The van der Waals surface area contributed by atoms with Gasteiger partial charge in [0.05, 0.1) is 22.5 Å². The van der Waals surface area contributed by atoms with E-state index in [0.29, 0.717) is 73.8 Å². The van der Waals surface area contributed by atoms with Crippen molar-refractivity contribution in [3.63, 3.8) is 0 Å². The fraction of sp³-hybridized carbons (Fsp3) is 0.615. The van der Waals surface area contributed by atoms with Crippen molar-refractivity contribution < 1.29 is 46.2 Å². The first-order chi connectivity index (χ1) is 26.0. The molecule has 8 rings (SSSR count). The molecule has 4 amide bonds. The number of nitrogens with zero attached hydrogens (tertiary/aromatic N) is 3. The second kappa shape index (κ2) is 13.1. The van der Waals surface area contributed by atoms with Crippen molar-refractivity contribution >= 4 is 44.7 Å². The minimum absolute atomic E-state index is 0.0936. The van der Waals surface area contributed by atoms with Crippen LogP contribution >= 0.6 is 0 Å². The molecule has 4 fully saturated rings. The molecule has 2 aromatic rings. The highest BCUT2D eigenvalue weighted by Crippen LogP contribution is 2.50. The molecule has 4 heterocycles. The molecular formula is C39H47F2N5O8S. The van der Waals surface area contributed by atoms with Crippen molar-refractivity contribution in [3.05, 3.63) is 47.2 Å². The van der Waals surface area contributed by atoms with Gasteiger partial charge in [0, 0.05) is 34.9 Å². The largest absolute Gasteiger partial charge is 0.483 e. The standard InChI is InChI=1S/C39H47F2N5O8S/c1-21-31-33(47)43-39(35(49)44-55(52,53)37(3)15-16-37)19-23(39)9-7-5-4-6-8-10-30(46(36(50)51)24-11-12-24)34(48)45(31)20-38(21)14-13-25-26-17-27(40)28(41)18-29(26)42-22(2)32(25)54-38/h7,9,17-18,21,23-24,30-31H,4-6,8,10-16,19-20H2,1-3H3,(H,43,47)(H,44,49)(H,50,51)/b9-7-/t21?,23-,30+,31+,38+,39-/m1/s1. The Morgan fingerprint density at radius 1 is 1.09 bits per heavy atom. The number of allylic oxidation sites excluding steroid dienone is 1. The van der Waals surface area contributed by atoms with Crippen LogP contribution < -0.4 is 14.8 Å². The highest BCUT2D eigenvalue weighted by atomic mass is 32.2. The molecule has 0 bridgehead atoms. The lowest BCUT2D eigenvalue weighted by atomic mass is 9.80. The Hall–Kier alpha value is -4.34. The SMILES string of the molecule is Cc1nc2cc(F)c(F)cc2c2c1O[C@@]1(CC2)CN2C(=O)[C@@H](N(C(=O)O)C3CC3)CCCCC/C=C\[C@@H]3C[C@@]3(C(=O)NS(=O)(=O)C3(C)CC3)NC(=O)[C@@H]2C1C. The number of halogens is 2. The van der Waals surface area contributed by atoms with Crippen LogP contribution in [0.3, 0.4) is 0 Å². The third kappa shape index (κ3) is 6.31. The predicted molar refractivity (Wildman–Crippen MR) is 195 cm³/mol. The third-order valence-corrected chi connectivity index (χ3v) is 15.2. The van der Waals surface area contributed by atoms with E-state index in [0.717, 1.165) is 18.6 Å². The van der Waals surface area contributed by atoms with E-state index in [1.54, 1.807) is 20.8 Å². The summed E-state index contributed by atoms with van der Waals surface area (Å²) in [4.78, 5) is 63.6. The van der Waals surface area contributed by atoms with E-state index in [2.05, 4.69) is 15.0 Å². The van der Waals surface area contributed by atoms with Crippen LogP contribution in [0, 0.1) is 30.4 Å². The molecular weight excluding hydrogens is 737 g/mol. The lowest BCUT2D eigenvalue weighted by molar-refractivity contribution is -0.144. The van der Waals surface area contributed by atoms with E-state index in [1.807, 2.05) is 12.2 Å². The number of ether oxygens (including phenoxy) is 1. The summed E-state index contributed by atoms with van der Waals surface area (Å²) in [7, 11) is -4.04. The van der Waals surface area contributed by atoms with Crippen molar-refractivity contribution in [3.8, 4) is 5.75 Å². The van der Waals surface area contributed by atoms with Gasteiger partial charge in [0.1, 0.15) is 29.0 Å². The maximum atomic E-state index is 15.0. The smallest absolute Gasteiger partial charge is 0.408 e. The van der Waals surface area contributed by atoms with Crippen LogP contribution in [0.2, 0.25) is 0 Å². The number of hydrogen-bond donors (Lipinski definition) is 3. The first-order valence-electron chi connectivity index (χ1n) is 19.4. The van der Waals surface area contributed by atoms with Gasteiger partial charge in [-0.25, -0.2) is 27.0 Å². The topological polar surface area (TPSA) is 175 Å². The molecule has 1 spiro atoms. The lowest BCUT2D eigenvalue weighted by Gasteiger charge is -2.39. The van der Waals surface area contributed by atoms with Crippen LogP contribution in [0.25, 0.3) is 10.9 Å². The Balaban J connectivity index is 1.19. The summed E-state index contributed by atoms with van der Waals surface area (Å²) in [6, 6.07) is -0.494. The molecule has 1 aromatic carbocycles. The molecule has 13 nitrogen and oxygen atoms in total. The highest BCUT2D eigenvalue weighted by Gasteiger charge is 2.65. The molecule has 296 valence electrons. The maximum absolute atomic E-state index is 15.0. The number of benzene rings is 1. The highest BCUT2D eigenvalue weighted by molar-refractivity contribution is 7.91. The molecule has 1 saturated heterocycles. The molecule has 16 heteroatoms. The Morgan fingerprint density at radius 3 is 2.51 bits per heavy atom. The number of carbonyl (C=O) groups excluding carboxylic acids is 3. The number of aromatic nitrogens is 1. The fourth-order valence-electron chi connectivity index (χ4n) is 9.08. The molecule has 3 aliphatic carbocycles. The number of pyridine rings is 1. The number of fused-ring (bicyclic) bond motifs is 5. The summed E-state index contributed by atoms with van der Waals surface area (Å²) in [5.41, 5.74) is -1.47. The summed E-state index contributed by atoms with van der Waals surface area (Å²) in [6.45, 7) is 4.93. The van der Waals surface area contributed by atoms with Crippen molar-refractivity contribution in [2.45, 2.75) is 132 Å². The first-order valence-corrected chi connectivity index (χ1v) is 20.8. The van der Waals surface area contributed by atoms with Gasteiger partial charge in [-0.15, -0.1) is 0 Å². The predicted octanol–water partition coefficient (Wildman–Crippen LogP) is 4.64. The average Bonchev–Trinajstić information content (AvgIpc) is 4.05. The van der Waals surface area contributed by atoms with Crippen LogP contribution in [0.15, 0.2) is 24.3 Å². The van der Waals surface area contributed by atoms with E-state index < -0.39 is 85.3 Å². The van der Waals surface area contributed by atoms with Gasteiger partial charge in [-0.3, -0.25) is 24.0 Å². The first kappa shape index (κ1) is 37.6. The van der Waals surface area contributed by atoms with Gasteiger partial charge in [0.25, 0.3) is 5.91 Å². The fourth-order valence-corrected chi connectivity index (χ4v) is 10.4. The number of aryl methyl sites for hydroxylation is 2. The zero-order chi connectivity index (χ0) is 39.2. The minimum atomic E-state index is -4.04. The second-order valence-electron chi connectivity index (χ2n) is 16.8. The van der Waals surface area contributed by atoms with Crippen LogP contribution in [-0.2, 0) is 30.8 Å². The van der Waals surface area contributed by atoms with Gasteiger partial charge >= 0.3 is 6.09 Å². The molecule has 3 N–H and O–H groups in total. The number of carboxylic acid groups (broad SMARTS) is 1. The van der Waals surface area contributed by atoms with Crippen molar-refractivity contribution in [2.24, 2.45) is 11.8 Å². The molecule has 3 aliphatic heterocycles. The summed E-state index contributed by atoms with van der Waals surface area (Å²) in [5, 5.41) is 13.7. The molecule has 6 aliphatic rings. The summed E-state index contributed by atoms with van der Waals surface area (Å²) < 4.78 is 63.1. The summed E-state index contributed by atoms with van der Waals surface area (Å²) in [6.07, 6.45) is 8.29. The summed E-state index contributed by atoms with van der Waals surface area (Å²) in [5.74, 6) is -4.98. The quantitative estimate of drug-likeness (QED) is 0.365. The van der Waals surface area contributed by atoms with Gasteiger partial charge < -0.3 is 20.1 Å². The van der Waals surface area contributed by atoms with Gasteiger partial charge in [-0.05, 0) is 84.1 Å². The van der Waals surface area contributed by atoms with Crippen LogP contribution in [0.5, 0.6) is 5.75 Å². The van der Waals surface area contributed by atoms with Crippen molar-refractivity contribution in [1.29, 1.82) is 0 Å². The van der Waals surface area contributed by atoms with Crippen LogP contribution in [-0.4, -0.2) is 92.7 Å². The third-order valence-electron chi connectivity index (χ3n) is 13.1. The van der Waals surface area contributed by atoms with Crippen LogP contribution in [0.1, 0.15) is 95.7 Å². The normalized spacial score (nSPS) is 32.2. The monoisotopic (exact) mass is 783 g/mol. The molecule has 3 saturated carbocycles. The average molecular weight is 784 g/mol. The molecule has 0 radical (unpaired) electrons. The summed E-state index contributed by atoms with van der Waals surface area (Å²) >= 11 is 0. The minimum Gasteiger partial charge on any atom is -0.483 e. The molecule has 6 atom stereocenters. The van der Waals surface area contributed by atoms with Crippen LogP contribution in [0.4, 0.5) is 13.6 Å². The van der Waals surface area contributed by atoms with Gasteiger partial charge in [0.2, 0.25) is 21.8 Å². The number of nitrogens with one attached hydrogen (secondary N) is 2. The zero-order valence-corrected chi connectivity index (χ0v) is 32.0. The zero-order valence-electron chi connectivity index (χ0n) is 31.2. The van der Waals surface area contributed by atoms with Gasteiger partial charge in [0.15, 0.2) is 11.6 Å². The van der Waals surface area contributed by atoms with E-state index in [1.165, 1.54) is 9.80 Å². The second-order valence-corrected chi connectivity index (χ2v) is 19.0. The van der Waals surface area contributed by atoms with E-state index in [4.69, 9.17) is 4.74 Å². The maximum Gasteiger partial charge on any atom is 0.408 e. The Kier molecular flexibility index (Phi) is 8.97. The van der Waals surface area contributed by atoms with E-state index >= 15 is 0 Å².